The van der Waals surface area contributed by atoms with Crippen LogP contribution in [0.25, 0.3) is 0 Å². The molecule has 0 radical (unpaired) electrons. The summed E-state index contributed by atoms with van der Waals surface area (Å²) in [6, 6.07) is 0. The van der Waals surface area contributed by atoms with E-state index in [9.17, 15) is 0 Å². The zero-order chi connectivity index (χ0) is 8.13. The van der Waals surface area contributed by atoms with Gasteiger partial charge in [-0.3, -0.25) is 0 Å². The highest BCUT2D eigenvalue weighted by atomic mass is 16.4. The first-order valence-corrected chi connectivity index (χ1v) is 4.47. The molecule has 2 heteroatoms. The quantitative estimate of drug-likeness (QED) is 0.426. The molecule has 2 nitrogen and oxygen atoms in total. The van der Waals surface area contributed by atoms with Crippen LogP contribution in [0.2, 0.25) is 0 Å². The second-order valence-electron chi connectivity index (χ2n) is 3.91. The van der Waals surface area contributed by atoms with Crippen LogP contribution in [0.15, 0.2) is 29.5 Å². The molecule has 3 aliphatic carbocycles. The predicted octanol–water partition coefficient (Wildman–Crippen LogP) is 1.82. The van der Waals surface area contributed by atoms with E-state index in [2.05, 4.69) is 29.5 Å². The van der Waals surface area contributed by atoms with Crippen molar-refractivity contribution in [3.05, 3.63) is 24.3 Å². The van der Waals surface area contributed by atoms with Crippen LogP contribution in [0.4, 0.5) is 0 Å². The van der Waals surface area contributed by atoms with E-state index >= 15 is 0 Å². The van der Waals surface area contributed by atoms with E-state index < -0.39 is 0 Å². The van der Waals surface area contributed by atoms with Crippen LogP contribution in [0, 0.1) is 23.7 Å². The van der Waals surface area contributed by atoms with E-state index in [0.717, 1.165) is 18.1 Å². The van der Waals surface area contributed by atoms with Crippen LogP contribution in [-0.4, -0.2) is 10.9 Å². The minimum atomic E-state index is 0.571. The van der Waals surface area contributed by atoms with Gasteiger partial charge in [-0.05, 0) is 24.2 Å². The Morgan fingerprint density at radius 1 is 1.33 bits per heavy atom. The number of rotatable bonds is 0. The monoisotopic (exact) mass is 161 g/mol. The van der Waals surface area contributed by atoms with Crippen molar-refractivity contribution in [2.24, 2.45) is 28.8 Å². The molecule has 2 fully saturated rings. The van der Waals surface area contributed by atoms with Crippen LogP contribution in [0.1, 0.15) is 6.42 Å². The molecule has 1 N–H and O–H groups in total. The van der Waals surface area contributed by atoms with E-state index in [0.29, 0.717) is 17.8 Å². The predicted molar refractivity (Wildman–Crippen MR) is 46.1 cm³/mol. The number of allylic oxidation sites excluding steroid dienone is 4. The molecule has 62 valence electrons. The summed E-state index contributed by atoms with van der Waals surface area (Å²) in [6.45, 7) is 0. The lowest BCUT2D eigenvalue weighted by molar-refractivity contribution is 0.316. The van der Waals surface area contributed by atoms with Crippen LogP contribution in [0.5, 0.6) is 0 Å². The first-order chi connectivity index (χ1) is 5.92. The molecule has 4 atom stereocenters. The van der Waals surface area contributed by atoms with Crippen LogP contribution in [0.3, 0.4) is 0 Å². The van der Waals surface area contributed by atoms with Gasteiger partial charge >= 0.3 is 0 Å². The molecular formula is C10H11NO. The van der Waals surface area contributed by atoms with Crippen LogP contribution < -0.4 is 0 Å². The largest absolute Gasteiger partial charge is 0.411 e. The Morgan fingerprint density at radius 3 is 3.00 bits per heavy atom. The van der Waals surface area contributed by atoms with Crippen LogP contribution in [-0.2, 0) is 0 Å². The first-order valence-electron chi connectivity index (χ1n) is 4.47. The van der Waals surface area contributed by atoms with Crippen molar-refractivity contribution in [3.8, 4) is 0 Å². The molecule has 0 saturated heterocycles. The highest BCUT2D eigenvalue weighted by Gasteiger charge is 2.60. The molecule has 2 saturated carbocycles. The summed E-state index contributed by atoms with van der Waals surface area (Å²) in [5, 5.41) is 12.1. The maximum absolute atomic E-state index is 8.75. The van der Waals surface area contributed by atoms with E-state index in [4.69, 9.17) is 5.21 Å². The Labute approximate surface area is 71.3 Å². The standard InChI is InChI=1S/C10H11NO/c12-11-8-5-6-3-1-2-4-7-9(6)10(7)8/h1-4,6-7,9-10,12H,5H2/b11-8-/t6-,7-,9-,10+/m1/s1. The molecule has 3 aliphatic rings. The molecule has 0 amide bonds. The Kier molecular flexibility index (Phi) is 1.08. The van der Waals surface area contributed by atoms with E-state index in [1.54, 1.807) is 0 Å². The van der Waals surface area contributed by atoms with Gasteiger partial charge in [0.05, 0.1) is 5.71 Å². The van der Waals surface area contributed by atoms with Crippen molar-refractivity contribution >= 4 is 5.71 Å². The van der Waals surface area contributed by atoms with Gasteiger partial charge in [0, 0.05) is 5.92 Å². The zero-order valence-corrected chi connectivity index (χ0v) is 6.72. The van der Waals surface area contributed by atoms with Crippen molar-refractivity contribution in [3.63, 3.8) is 0 Å². The molecule has 0 heterocycles. The molecule has 0 aromatic rings. The first kappa shape index (κ1) is 6.46. The lowest BCUT2D eigenvalue weighted by Gasteiger charge is -2.05. The lowest BCUT2D eigenvalue weighted by atomic mass is 10.0. The second-order valence-corrected chi connectivity index (χ2v) is 3.91. The summed E-state index contributed by atoms with van der Waals surface area (Å²) in [4.78, 5) is 0. The summed E-state index contributed by atoms with van der Waals surface area (Å²) in [5.41, 5.74) is 1.02. The van der Waals surface area contributed by atoms with Gasteiger partial charge < -0.3 is 5.21 Å². The number of oxime groups is 1. The fourth-order valence-electron chi connectivity index (χ4n) is 2.82. The maximum atomic E-state index is 8.75. The Bertz CT molecular complexity index is 301. The van der Waals surface area contributed by atoms with Gasteiger partial charge in [0.2, 0.25) is 0 Å². The van der Waals surface area contributed by atoms with E-state index in [-0.39, 0.29) is 0 Å². The molecule has 12 heavy (non-hydrogen) atoms. The van der Waals surface area contributed by atoms with Gasteiger partial charge in [0.15, 0.2) is 0 Å². The summed E-state index contributed by atoms with van der Waals surface area (Å²) in [5.74, 6) is 2.64. The summed E-state index contributed by atoms with van der Waals surface area (Å²) in [7, 11) is 0. The Hall–Kier alpha value is -1.05. The SMILES string of the molecule is O/N=C1/C[C@H]2C=CC=C[C@H]3[C@@H]1[C@@H]32. The van der Waals surface area contributed by atoms with Crippen molar-refractivity contribution in [2.45, 2.75) is 6.42 Å². The molecule has 0 spiro atoms. The third-order valence-corrected chi connectivity index (χ3v) is 3.39. The van der Waals surface area contributed by atoms with Crippen molar-refractivity contribution in [1.29, 1.82) is 0 Å². The zero-order valence-electron chi connectivity index (χ0n) is 6.72. The maximum Gasteiger partial charge on any atom is 0.0616 e. The molecule has 0 aromatic heterocycles. The minimum Gasteiger partial charge on any atom is -0.411 e. The highest BCUT2D eigenvalue weighted by molar-refractivity contribution is 5.93. The second kappa shape index (κ2) is 2.00. The Morgan fingerprint density at radius 2 is 2.17 bits per heavy atom. The fourth-order valence-corrected chi connectivity index (χ4v) is 2.82. The van der Waals surface area contributed by atoms with E-state index in [1.807, 2.05) is 0 Å². The summed E-state index contributed by atoms with van der Waals surface area (Å²) >= 11 is 0. The molecule has 0 bridgehead atoms. The molecular weight excluding hydrogens is 150 g/mol. The number of hydrogen-bond acceptors (Lipinski definition) is 2. The fraction of sp³-hybridized carbons (Fsp3) is 0.500. The Balaban J connectivity index is 2.00. The topological polar surface area (TPSA) is 32.6 Å². The minimum absolute atomic E-state index is 0.571. The van der Waals surface area contributed by atoms with Gasteiger partial charge in [-0.25, -0.2) is 0 Å². The third-order valence-electron chi connectivity index (χ3n) is 3.39. The average Bonchev–Trinajstić information content (AvgIpc) is 2.69. The van der Waals surface area contributed by atoms with Gasteiger partial charge in [0.1, 0.15) is 0 Å². The van der Waals surface area contributed by atoms with Crippen LogP contribution >= 0.6 is 0 Å². The number of hydrogen-bond donors (Lipinski definition) is 1. The number of nitrogens with zero attached hydrogens (tertiary/aromatic N) is 1. The average molecular weight is 161 g/mol. The molecule has 0 aliphatic heterocycles. The third kappa shape index (κ3) is 0.631. The summed E-state index contributed by atoms with van der Waals surface area (Å²) in [6.07, 6.45) is 9.71. The molecule has 0 aromatic carbocycles. The summed E-state index contributed by atoms with van der Waals surface area (Å²) < 4.78 is 0. The molecule has 0 unspecified atom stereocenters. The van der Waals surface area contributed by atoms with Gasteiger partial charge in [0.25, 0.3) is 0 Å². The normalized spacial score (nSPS) is 50.8. The van der Waals surface area contributed by atoms with Crippen molar-refractivity contribution in [2.75, 3.05) is 0 Å². The highest BCUT2D eigenvalue weighted by Crippen LogP contribution is 2.60. The van der Waals surface area contributed by atoms with Crippen molar-refractivity contribution in [1.82, 2.24) is 0 Å². The molecule has 3 rings (SSSR count). The van der Waals surface area contributed by atoms with E-state index in [1.165, 1.54) is 0 Å². The van der Waals surface area contributed by atoms with Gasteiger partial charge in [-0.15, -0.1) is 0 Å². The van der Waals surface area contributed by atoms with Gasteiger partial charge in [-0.1, -0.05) is 29.5 Å². The van der Waals surface area contributed by atoms with Crippen molar-refractivity contribution < 1.29 is 5.21 Å². The van der Waals surface area contributed by atoms with Gasteiger partial charge in [-0.2, -0.15) is 0 Å². The smallest absolute Gasteiger partial charge is 0.0616 e. The number of fused-ring (bicyclic) bond motifs is 1. The lowest BCUT2D eigenvalue weighted by Crippen LogP contribution is -2.03.